The molecule has 7 nitrogen and oxygen atoms in total. The molecule has 1 aliphatic heterocycles. The van der Waals surface area contributed by atoms with E-state index in [-0.39, 0.29) is 24.6 Å². The summed E-state index contributed by atoms with van der Waals surface area (Å²) in [6.07, 6.45) is 1.05. The number of aromatic nitrogens is 2. The maximum Gasteiger partial charge on any atom is 0.306 e. The number of rotatable bonds is 4. The van der Waals surface area contributed by atoms with Gasteiger partial charge in [0.25, 0.3) is 5.91 Å². The van der Waals surface area contributed by atoms with Crippen LogP contribution in [0.5, 0.6) is 0 Å². The predicted molar refractivity (Wildman–Crippen MR) is 86.5 cm³/mol. The van der Waals surface area contributed by atoms with Gasteiger partial charge in [0.05, 0.1) is 29.8 Å². The van der Waals surface area contributed by atoms with Crippen molar-refractivity contribution in [3.8, 4) is 5.69 Å². The molecule has 3 rings (SSSR count). The van der Waals surface area contributed by atoms with E-state index in [9.17, 15) is 9.59 Å². The summed E-state index contributed by atoms with van der Waals surface area (Å²) in [5.41, 5.74) is 0.967. The molecule has 1 aromatic heterocycles. The van der Waals surface area contributed by atoms with Crippen LogP contribution in [0.4, 0.5) is 0 Å². The van der Waals surface area contributed by atoms with Crippen LogP contribution >= 0.6 is 11.6 Å². The zero-order valence-corrected chi connectivity index (χ0v) is 13.5. The van der Waals surface area contributed by atoms with Gasteiger partial charge >= 0.3 is 5.97 Å². The Morgan fingerprint density at radius 1 is 1.33 bits per heavy atom. The molecule has 0 spiro atoms. The van der Waals surface area contributed by atoms with Crippen molar-refractivity contribution in [3.63, 3.8) is 0 Å². The second kappa shape index (κ2) is 7.02. The van der Waals surface area contributed by atoms with E-state index in [1.807, 2.05) is 12.1 Å². The fourth-order valence-corrected chi connectivity index (χ4v) is 2.82. The van der Waals surface area contributed by atoms with Crippen molar-refractivity contribution in [1.82, 2.24) is 14.7 Å². The van der Waals surface area contributed by atoms with Crippen molar-refractivity contribution in [3.05, 3.63) is 47.2 Å². The van der Waals surface area contributed by atoms with Crippen molar-refractivity contribution in [2.45, 2.75) is 12.5 Å². The van der Waals surface area contributed by atoms with Crippen LogP contribution in [0.3, 0.4) is 0 Å². The van der Waals surface area contributed by atoms with Crippen molar-refractivity contribution >= 4 is 23.5 Å². The maximum absolute atomic E-state index is 12.6. The lowest BCUT2D eigenvalue weighted by Gasteiger charge is -2.31. The van der Waals surface area contributed by atoms with Gasteiger partial charge in [-0.3, -0.25) is 9.59 Å². The van der Waals surface area contributed by atoms with E-state index < -0.39 is 12.1 Å². The van der Waals surface area contributed by atoms with E-state index in [1.54, 1.807) is 34.0 Å². The highest BCUT2D eigenvalue weighted by Crippen LogP contribution is 2.19. The highest BCUT2D eigenvalue weighted by molar-refractivity contribution is 6.32. The molecule has 2 heterocycles. The number of ether oxygens (including phenoxy) is 1. The molecule has 0 unspecified atom stereocenters. The molecule has 0 saturated carbocycles. The second-order valence-electron chi connectivity index (χ2n) is 5.44. The Bertz CT molecular complexity index is 761. The van der Waals surface area contributed by atoms with Crippen LogP contribution in [0.1, 0.15) is 16.9 Å². The number of hydrogen-bond donors (Lipinski definition) is 1. The summed E-state index contributed by atoms with van der Waals surface area (Å²) in [5, 5.41) is 13.7. The van der Waals surface area contributed by atoms with E-state index >= 15 is 0 Å². The van der Waals surface area contributed by atoms with Gasteiger partial charge in [-0.05, 0) is 18.2 Å². The van der Waals surface area contributed by atoms with Gasteiger partial charge in [-0.25, -0.2) is 4.68 Å². The Morgan fingerprint density at radius 2 is 2.12 bits per heavy atom. The summed E-state index contributed by atoms with van der Waals surface area (Å²) in [7, 11) is 0. The maximum atomic E-state index is 12.6. The zero-order valence-electron chi connectivity index (χ0n) is 12.8. The lowest BCUT2D eigenvalue weighted by Crippen LogP contribution is -2.46. The number of halogens is 1. The minimum absolute atomic E-state index is 0.127. The molecule has 1 saturated heterocycles. The van der Waals surface area contributed by atoms with Crippen LogP contribution in [-0.2, 0) is 9.53 Å². The summed E-state index contributed by atoms with van der Waals surface area (Å²) >= 11 is 6.14. The highest BCUT2D eigenvalue weighted by Gasteiger charge is 2.27. The van der Waals surface area contributed by atoms with E-state index in [1.165, 1.54) is 0 Å². The normalized spacial score (nSPS) is 17.7. The van der Waals surface area contributed by atoms with Gasteiger partial charge in [-0.2, -0.15) is 5.10 Å². The largest absolute Gasteiger partial charge is 0.481 e. The minimum atomic E-state index is -0.947. The van der Waals surface area contributed by atoms with Crippen molar-refractivity contribution in [2.24, 2.45) is 0 Å². The number of carboxylic acids is 1. The number of para-hydroxylation sites is 1. The van der Waals surface area contributed by atoms with E-state index in [4.69, 9.17) is 21.4 Å². The molecule has 126 valence electrons. The second-order valence-corrected chi connectivity index (χ2v) is 5.85. The third-order valence-corrected chi connectivity index (χ3v) is 4.06. The Labute approximate surface area is 143 Å². The molecule has 1 aliphatic rings. The van der Waals surface area contributed by atoms with E-state index in [0.29, 0.717) is 23.9 Å². The summed E-state index contributed by atoms with van der Waals surface area (Å²) < 4.78 is 6.92. The van der Waals surface area contributed by atoms with Crippen LogP contribution < -0.4 is 0 Å². The number of aliphatic carboxylic acids is 1. The third kappa shape index (κ3) is 3.58. The molecule has 1 aromatic carbocycles. The third-order valence-electron chi connectivity index (χ3n) is 3.74. The quantitative estimate of drug-likeness (QED) is 0.910. The first kappa shape index (κ1) is 16.5. The van der Waals surface area contributed by atoms with Gasteiger partial charge in [0.15, 0.2) is 5.69 Å². The summed E-state index contributed by atoms with van der Waals surface area (Å²) in [6.45, 7) is 0.965. The smallest absolute Gasteiger partial charge is 0.306 e. The average molecular weight is 350 g/mol. The highest BCUT2D eigenvalue weighted by atomic mass is 35.5. The first-order valence-electron chi connectivity index (χ1n) is 7.48. The number of hydrogen-bond acceptors (Lipinski definition) is 4. The first-order chi connectivity index (χ1) is 11.5. The Kier molecular flexibility index (Phi) is 4.82. The molecule has 0 bridgehead atoms. The first-order valence-corrected chi connectivity index (χ1v) is 7.85. The Balaban J connectivity index is 1.74. The fourth-order valence-electron chi connectivity index (χ4n) is 2.59. The summed E-state index contributed by atoms with van der Waals surface area (Å²) in [5.74, 6) is -1.20. The molecular formula is C16H16ClN3O4. The Morgan fingerprint density at radius 3 is 2.88 bits per heavy atom. The molecule has 1 N–H and O–H groups in total. The van der Waals surface area contributed by atoms with Gasteiger partial charge in [-0.15, -0.1) is 0 Å². The van der Waals surface area contributed by atoms with Crippen molar-refractivity contribution in [1.29, 1.82) is 0 Å². The molecule has 0 radical (unpaired) electrons. The predicted octanol–water partition coefficient (Wildman–Crippen LogP) is 1.84. The minimum Gasteiger partial charge on any atom is -0.481 e. The topological polar surface area (TPSA) is 84.7 Å². The van der Waals surface area contributed by atoms with Crippen LogP contribution in [0.15, 0.2) is 36.5 Å². The molecule has 2 aromatic rings. The fraction of sp³-hybridized carbons (Fsp3) is 0.312. The van der Waals surface area contributed by atoms with Gasteiger partial charge in [0.2, 0.25) is 0 Å². The zero-order chi connectivity index (χ0) is 17.1. The lowest BCUT2D eigenvalue weighted by atomic mass is 10.2. The van der Waals surface area contributed by atoms with Gasteiger partial charge in [0.1, 0.15) is 0 Å². The van der Waals surface area contributed by atoms with E-state index in [2.05, 4.69) is 5.10 Å². The number of benzene rings is 1. The van der Waals surface area contributed by atoms with Crippen LogP contribution in [0.2, 0.25) is 5.02 Å². The lowest BCUT2D eigenvalue weighted by molar-refractivity contribution is -0.141. The number of morpholine rings is 1. The molecule has 24 heavy (non-hydrogen) atoms. The van der Waals surface area contributed by atoms with E-state index in [0.717, 1.165) is 0 Å². The van der Waals surface area contributed by atoms with Crippen LogP contribution in [0.25, 0.3) is 5.69 Å². The average Bonchev–Trinajstić information content (AvgIpc) is 3.04. The number of carbonyl (C=O) groups excluding carboxylic acids is 1. The molecule has 0 aliphatic carbocycles. The number of nitrogens with zero attached hydrogens (tertiary/aromatic N) is 3. The van der Waals surface area contributed by atoms with Gasteiger partial charge < -0.3 is 14.7 Å². The van der Waals surface area contributed by atoms with Crippen molar-refractivity contribution < 1.29 is 19.4 Å². The van der Waals surface area contributed by atoms with Gasteiger partial charge in [-0.1, -0.05) is 23.7 Å². The number of amides is 1. The van der Waals surface area contributed by atoms with Crippen molar-refractivity contribution in [2.75, 3.05) is 19.7 Å². The van der Waals surface area contributed by atoms with Gasteiger partial charge in [0, 0.05) is 19.3 Å². The summed E-state index contributed by atoms with van der Waals surface area (Å²) in [6, 6.07) is 8.83. The SMILES string of the molecule is O=C(O)C[C@H]1CN(C(=O)c2ccn(-c3ccccc3Cl)n2)CCO1. The molecule has 8 heteroatoms. The molecule has 1 amide bonds. The van der Waals surface area contributed by atoms with Crippen LogP contribution in [-0.4, -0.2) is 57.5 Å². The molecule has 1 fully saturated rings. The van der Waals surface area contributed by atoms with Crippen LogP contribution in [0, 0.1) is 0 Å². The monoisotopic (exact) mass is 349 g/mol. The summed E-state index contributed by atoms with van der Waals surface area (Å²) in [4.78, 5) is 24.9. The Hall–Kier alpha value is -2.38. The standard InChI is InChI=1S/C16H16ClN3O4/c17-12-3-1-2-4-14(12)20-6-5-13(18-20)16(23)19-7-8-24-11(10-19)9-15(21)22/h1-6,11H,7-10H2,(H,21,22)/t11-/m0/s1. The molecule has 1 atom stereocenters. The number of carbonyl (C=O) groups is 2. The number of carboxylic acid groups (broad SMARTS) is 1. The molecular weight excluding hydrogens is 334 g/mol.